The van der Waals surface area contributed by atoms with E-state index in [1.54, 1.807) is 12.5 Å². The Morgan fingerprint density at radius 2 is 2.24 bits per heavy atom. The van der Waals surface area contributed by atoms with Crippen LogP contribution in [-0.4, -0.2) is 15.9 Å². The second kappa shape index (κ2) is 5.30. The van der Waals surface area contributed by atoms with Crippen molar-refractivity contribution < 1.29 is 4.79 Å². The maximum Gasteiger partial charge on any atom is 0.224 e. The van der Waals surface area contributed by atoms with Crippen LogP contribution >= 0.6 is 0 Å². The monoisotopic (exact) mass is 229 g/mol. The van der Waals surface area contributed by atoms with Crippen molar-refractivity contribution in [2.24, 2.45) is 0 Å². The molecule has 0 aliphatic carbocycles. The van der Waals surface area contributed by atoms with E-state index >= 15 is 0 Å². The lowest BCUT2D eigenvalue weighted by Crippen LogP contribution is -2.13. The third-order valence-electron chi connectivity index (χ3n) is 2.60. The second-order valence-electron chi connectivity index (χ2n) is 3.94. The van der Waals surface area contributed by atoms with Crippen molar-refractivity contribution in [2.45, 2.75) is 19.8 Å². The fourth-order valence-corrected chi connectivity index (χ4v) is 1.60. The number of amides is 1. The Bertz CT molecular complexity index is 491. The zero-order valence-corrected chi connectivity index (χ0v) is 9.73. The Labute approximate surface area is 100 Å². The first kappa shape index (κ1) is 11.4. The van der Waals surface area contributed by atoms with Gasteiger partial charge in [0.1, 0.15) is 0 Å². The van der Waals surface area contributed by atoms with E-state index in [-0.39, 0.29) is 5.91 Å². The molecule has 88 valence electrons. The van der Waals surface area contributed by atoms with Crippen LogP contribution in [0.25, 0.3) is 0 Å². The summed E-state index contributed by atoms with van der Waals surface area (Å²) in [5.41, 5.74) is 2.93. The highest BCUT2D eigenvalue weighted by atomic mass is 16.1. The van der Waals surface area contributed by atoms with Gasteiger partial charge in [-0.1, -0.05) is 18.2 Å². The molecular formula is C13H15N3O. The molecule has 0 aliphatic heterocycles. The van der Waals surface area contributed by atoms with Gasteiger partial charge in [0.25, 0.3) is 0 Å². The number of carbonyl (C=O) groups is 1. The minimum absolute atomic E-state index is 0.0221. The Balaban J connectivity index is 1.87. The first-order valence-electron chi connectivity index (χ1n) is 5.58. The summed E-state index contributed by atoms with van der Waals surface area (Å²) in [4.78, 5) is 18.6. The van der Waals surface area contributed by atoms with Crippen molar-refractivity contribution in [1.29, 1.82) is 0 Å². The minimum Gasteiger partial charge on any atom is -0.348 e. The maximum atomic E-state index is 11.7. The van der Waals surface area contributed by atoms with Crippen LogP contribution in [-0.2, 0) is 11.2 Å². The third-order valence-corrected chi connectivity index (χ3v) is 2.60. The molecule has 4 heteroatoms. The van der Waals surface area contributed by atoms with Crippen LogP contribution in [0.4, 0.5) is 5.69 Å². The van der Waals surface area contributed by atoms with Gasteiger partial charge in [0.15, 0.2) is 0 Å². The molecule has 2 aromatic rings. The fourth-order valence-electron chi connectivity index (χ4n) is 1.60. The van der Waals surface area contributed by atoms with Gasteiger partial charge in [-0.3, -0.25) is 4.79 Å². The number of imidazole rings is 1. The van der Waals surface area contributed by atoms with E-state index in [9.17, 15) is 4.79 Å². The van der Waals surface area contributed by atoms with Gasteiger partial charge < -0.3 is 10.3 Å². The summed E-state index contributed by atoms with van der Waals surface area (Å²) in [6.45, 7) is 1.98. The molecule has 0 bridgehead atoms. The number of para-hydroxylation sites is 1. The zero-order valence-electron chi connectivity index (χ0n) is 9.73. The molecule has 1 amide bonds. The number of H-pyrrole nitrogens is 1. The first-order chi connectivity index (χ1) is 8.25. The summed E-state index contributed by atoms with van der Waals surface area (Å²) < 4.78 is 0. The van der Waals surface area contributed by atoms with E-state index in [1.165, 1.54) is 0 Å². The van der Waals surface area contributed by atoms with E-state index in [0.29, 0.717) is 12.8 Å². The number of hydrogen-bond donors (Lipinski definition) is 2. The number of carbonyl (C=O) groups excluding carboxylic acids is 1. The predicted octanol–water partition coefficient (Wildman–Crippen LogP) is 2.29. The van der Waals surface area contributed by atoms with E-state index < -0.39 is 0 Å². The Morgan fingerprint density at radius 1 is 1.41 bits per heavy atom. The molecule has 0 radical (unpaired) electrons. The molecule has 0 fully saturated rings. The highest BCUT2D eigenvalue weighted by molar-refractivity contribution is 5.91. The molecule has 1 aromatic carbocycles. The summed E-state index contributed by atoms with van der Waals surface area (Å²) >= 11 is 0. The third kappa shape index (κ3) is 3.17. The van der Waals surface area contributed by atoms with Gasteiger partial charge >= 0.3 is 0 Å². The number of benzene rings is 1. The quantitative estimate of drug-likeness (QED) is 0.845. The largest absolute Gasteiger partial charge is 0.348 e. The lowest BCUT2D eigenvalue weighted by molar-refractivity contribution is -0.116. The summed E-state index contributed by atoms with van der Waals surface area (Å²) in [5, 5.41) is 2.90. The van der Waals surface area contributed by atoms with Crippen LogP contribution in [0.2, 0.25) is 0 Å². The smallest absolute Gasteiger partial charge is 0.224 e. The molecule has 1 heterocycles. The lowest BCUT2D eigenvalue weighted by atomic mass is 10.2. The maximum absolute atomic E-state index is 11.7. The minimum atomic E-state index is 0.0221. The molecule has 4 nitrogen and oxygen atoms in total. The highest BCUT2D eigenvalue weighted by Crippen LogP contribution is 2.13. The van der Waals surface area contributed by atoms with E-state index in [2.05, 4.69) is 15.3 Å². The fraction of sp³-hybridized carbons (Fsp3) is 0.231. The molecule has 0 atom stereocenters. The van der Waals surface area contributed by atoms with Gasteiger partial charge in [-0.2, -0.15) is 0 Å². The van der Waals surface area contributed by atoms with E-state index in [4.69, 9.17) is 0 Å². The van der Waals surface area contributed by atoms with Gasteiger partial charge in [-0.15, -0.1) is 0 Å². The number of aromatic amines is 1. The number of aromatic nitrogens is 2. The molecule has 2 rings (SSSR count). The summed E-state index contributed by atoms with van der Waals surface area (Å²) in [7, 11) is 0. The van der Waals surface area contributed by atoms with Crippen molar-refractivity contribution in [1.82, 2.24) is 9.97 Å². The van der Waals surface area contributed by atoms with Gasteiger partial charge in [-0.05, 0) is 25.0 Å². The van der Waals surface area contributed by atoms with Crippen LogP contribution in [0.5, 0.6) is 0 Å². The van der Waals surface area contributed by atoms with Crippen molar-refractivity contribution in [3.05, 3.63) is 48.0 Å². The normalized spacial score (nSPS) is 10.2. The number of rotatable bonds is 4. The molecule has 0 saturated heterocycles. The van der Waals surface area contributed by atoms with Crippen LogP contribution < -0.4 is 5.32 Å². The lowest BCUT2D eigenvalue weighted by Gasteiger charge is -2.07. The number of anilines is 1. The molecule has 0 spiro atoms. The highest BCUT2D eigenvalue weighted by Gasteiger charge is 2.05. The van der Waals surface area contributed by atoms with Gasteiger partial charge in [0.2, 0.25) is 5.91 Å². The Kier molecular flexibility index (Phi) is 3.55. The molecule has 2 N–H and O–H groups in total. The molecule has 17 heavy (non-hydrogen) atoms. The number of nitrogens with zero attached hydrogens (tertiary/aromatic N) is 1. The molecular weight excluding hydrogens is 214 g/mol. The van der Waals surface area contributed by atoms with Crippen molar-refractivity contribution >= 4 is 11.6 Å². The van der Waals surface area contributed by atoms with Gasteiger partial charge in [0.05, 0.1) is 6.33 Å². The second-order valence-corrected chi connectivity index (χ2v) is 3.94. The van der Waals surface area contributed by atoms with Crippen LogP contribution in [0.3, 0.4) is 0 Å². The van der Waals surface area contributed by atoms with Crippen LogP contribution in [0, 0.1) is 6.92 Å². The standard InChI is InChI=1S/C13H15N3O/c1-10-4-2-3-5-12(10)16-13(17)7-6-11-8-14-9-15-11/h2-5,8-9H,6-7H2,1H3,(H,14,15)(H,16,17). The van der Waals surface area contributed by atoms with Crippen molar-refractivity contribution in [2.75, 3.05) is 5.32 Å². The van der Waals surface area contributed by atoms with Crippen molar-refractivity contribution in [3.63, 3.8) is 0 Å². The number of nitrogens with one attached hydrogen (secondary N) is 2. The molecule has 0 unspecified atom stereocenters. The van der Waals surface area contributed by atoms with Crippen LogP contribution in [0.15, 0.2) is 36.8 Å². The van der Waals surface area contributed by atoms with E-state index in [1.807, 2.05) is 31.2 Å². The average Bonchev–Trinajstić information content (AvgIpc) is 2.82. The summed E-state index contributed by atoms with van der Waals surface area (Å²) in [6, 6.07) is 7.75. The van der Waals surface area contributed by atoms with Gasteiger partial charge in [0, 0.05) is 24.0 Å². The zero-order chi connectivity index (χ0) is 12.1. The summed E-state index contributed by atoms with van der Waals surface area (Å²) in [5.74, 6) is 0.0221. The Hall–Kier alpha value is -2.10. The topological polar surface area (TPSA) is 57.8 Å². The van der Waals surface area contributed by atoms with E-state index in [0.717, 1.165) is 16.9 Å². The predicted molar refractivity (Wildman–Crippen MR) is 66.7 cm³/mol. The Morgan fingerprint density at radius 3 is 2.94 bits per heavy atom. The summed E-state index contributed by atoms with van der Waals surface area (Å²) in [6.07, 6.45) is 4.49. The SMILES string of the molecule is Cc1ccccc1NC(=O)CCc1cnc[nH]1. The first-order valence-corrected chi connectivity index (χ1v) is 5.58. The van der Waals surface area contributed by atoms with Gasteiger partial charge in [-0.25, -0.2) is 4.98 Å². The number of aryl methyl sites for hydroxylation is 2. The van der Waals surface area contributed by atoms with Crippen LogP contribution in [0.1, 0.15) is 17.7 Å². The molecule has 1 aromatic heterocycles. The van der Waals surface area contributed by atoms with Crippen molar-refractivity contribution in [3.8, 4) is 0 Å². The average molecular weight is 229 g/mol. The molecule has 0 saturated carbocycles. The molecule has 0 aliphatic rings. The number of hydrogen-bond acceptors (Lipinski definition) is 2.